The van der Waals surface area contributed by atoms with Gasteiger partial charge in [0.1, 0.15) is 6.04 Å². The number of nitrogens with two attached hydrogens (primary N) is 1. The molecule has 0 spiro atoms. The highest BCUT2D eigenvalue weighted by Gasteiger charge is 2.30. The van der Waals surface area contributed by atoms with Crippen molar-refractivity contribution in [1.82, 2.24) is 0 Å². The second-order valence-corrected chi connectivity index (χ2v) is 8.41. The Morgan fingerprint density at radius 2 is 2.19 bits per heavy atom. The number of carbonyl (C=O) groups excluding carboxylic acids is 1. The largest absolute Gasteiger partial charge is 0.369 e. The lowest BCUT2D eigenvalue weighted by Gasteiger charge is -2.25. The van der Waals surface area contributed by atoms with Gasteiger partial charge in [-0.05, 0) is 18.6 Å². The number of thioether (sulfide) groups is 1. The molecule has 1 unspecified atom stereocenters. The van der Waals surface area contributed by atoms with Crippen molar-refractivity contribution in [1.29, 1.82) is 0 Å². The van der Waals surface area contributed by atoms with Gasteiger partial charge in [-0.1, -0.05) is 25.4 Å². The SMILES string of the molecule is CC1(C)CCN(c2cc3c(cc2Cl)C(N)C(=O)N3)CCS1. The molecule has 6 heteroatoms. The molecular weight excluding hydrogens is 306 g/mol. The first-order chi connectivity index (χ1) is 9.87. The standard InChI is InChI=1S/C15H20ClN3OS/c1-15(2)3-4-19(5-6-21-15)12-8-11-9(7-10(12)16)13(17)14(20)18-11/h7-8,13H,3-6,17H2,1-2H3,(H,18,20). The van der Waals surface area contributed by atoms with Gasteiger partial charge in [0.25, 0.3) is 0 Å². The Morgan fingerprint density at radius 3 is 2.95 bits per heavy atom. The van der Waals surface area contributed by atoms with E-state index in [1.54, 1.807) is 0 Å². The van der Waals surface area contributed by atoms with Gasteiger partial charge in [0, 0.05) is 34.8 Å². The molecule has 1 fully saturated rings. The van der Waals surface area contributed by atoms with Crippen LogP contribution in [0.15, 0.2) is 12.1 Å². The summed E-state index contributed by atoms with van der Waals surface area (Å²) in [5.74, 6) is 0.914. The van der Waals surface area contributed by atoms with Crippen LogP contribution in [-0.2, 0) is 4.79 Å². The van der Waals surface area contributed by atoms with Crippen LogP contribution < -0.4 is 16.0 Å². The van der Waals surface area contributed by atoms with E-state index in [1.165, 1.54) is 0 Å². The molecule has 1 atom stereocenters. The van der Waals surface area contributed by atoms with Crippen LogP contribution >= 0.6 is 23.4 Å². The third-order valence-corrected chi connectivity index (χ3v) is 5.85. The molecule has 114 valence electrons. The fourth-order valence-corrected chi connectivity index (χ4v) is 4.19. The highest BCUT2D eigenvalue weighted by molar-refractivity contribution is 8.00. The number of fused-ring (bicyclic) bond motifs is 1. The fraction of sp³-hybridized carbons (Fsp3) is 0.533. The van der Waals surface area contributed by atoms with E-state index >= 15 is 0 Å². The van der Waals surface area contributed by atoms with Crippen LogP contribution in [-0.4, -0.2) is 29.5 Å². The van der Waals surface area contributed by atoms with Crippen molar-refractivity contribution in [2.24, 2.45) is 5.73 Å². The first kappa shape index (κ1) is 15.0. The Bertz CT molecular complexity index is 591. The van der Waals surface area contributed by atoms with Crippen LogP contribution in [0.1, 0.15) is 31.9 Å². The van der Waals surface area contributed by atoms with Gasteiger partial charge in [-0.15, -0.1) is 0 Å². The molecule has 0 aromatic heterocycles. The number of nitrogens with zero attached hydrogens (tertiary/aromatic N) is 1. The summed E-state index contributed by atoms with van der Waals surface area (Å²) >= 11 is 8.43. The second-order valence-electron chi connectivity index (χ2n) is 6.20. The molecule has 0 bridgehead atoms. The van der Waals surface area contributed by atoms with Gasteiger partial charge in [-0.3, -0.25) is 4.79 Å². The van der Waals surface area contributed by atoms with E-state index in [0.717, 1.165) is 42.2 Å². The van der Waals surface area contributed by atoms with E-state index < -0.39 is 6.04 Å². The molecule has 3 N–H and O–H groups in total. The van der Waals surface area contributed by atoms with Crippen LogP contribution in [0.4, 0.5) is 11.4 Å². The zero-order valence-corrected chi connectivity index (χ0v) is 13.9. The maximum absolute atomic E-state index is 11.7. The summed E-state index contributed by atoms with van der Waals surface area (Å²) in [4.78, 5) is 14.0. The molecule has 1 amide bonds. The number of benzene rings is 1. The van der Waals surface area contributed by atoms with Gasteiger partial charge in [0.15, 0.2) is 0 Å². The number of hydrogen-bond acceptors (Lipinski definition) is 4. The maximum Gasteiger partial charge on any atom is 0.245 e. The summed E-state index contributed by atoms with van der Waals surface area (Å²) in [7, 11) is 0. The number of carbonyl (C=O) groups is 1. The Balaban J connectivity index is 1.90. The highest BCUT2D eigenvalue weighted by atomic mass is 35.5. The van der Waals surface area contributed by atoms with E-state index in [1.807, 2.05) is 23.9 Å². The molecule has 21 heavy (non-hydrogen) atoms. The molecule has 0 radical (unpaired) electrons. The van der Waals surface area contributed by atoms with Crippen molar-refractivity contribution in [2.75, 3.05) is 29.1 Å². The van der Waals surface area contributed by atoms with Gasteiger partial charge in [0.05, 0.1) is 10.7 Å². The molecule has 0 saturated carbocycles. The lowest BCUT2D eigenvalue weighted by molar-refractivity contribution is -0.116. The van der Waals surface area contributed by atoms with Crippen LogP contribution in [0.3, 0.4) is 0 Å². The van der Waals surface area contributed by atoms with E-state index in [9.17, 15) is 4.79 Å². The lowest BCUT2D eigenvalue weighted by atomic mass is 10.1. The smallest absolute Gasteiger partial charge is 0.245 e. The summed E-state index contributed by atoms with van der Waals surface area (Å²) in [6.45, 7) is 6.50. The van der Waals surface area contributed by atoms with E-state index in [4.69, 9.17) is 17.3 Å². The van der Waals surface area contributed by atoms with E-state index in [-0.39, 0.29) is 5.91 Å². The van der Waals surface area contributed by atoms with Gasteiger partial charge >= 0.3 is 0 Å². The van der Waals surface area contributed by atoms with Crippen molar-refractivity contribution < 1.29 is 4.79 Å². The molecule has 2 aliphatic heterocycles. The molecule has 2 aliphatic rings. The van der Waals surface area contributed by atoms with Crippen LogP contribution in [0, 0.1) is 0 Å². The quantitative estimate of drug-likeness (QED) is 0.833. The Labute approximate surface area is 134 Å². The maximum atomic E-state index is 11.7. The zero-order valence-electron chi connectivity index (χ0n) is 12.3. The van der Waals surface area contributed by atoms with Crippen molar-refractivity contribution >= 4 is 40.6 Å². The first-order valence-electron chi connectivity index (χ1n) is 7.16. The van der Waals surface area contributed by atoms with E-state index in [2.05, 4.69) is 24.1 Å². The summed E-state index contributed by atoms with van der Waals surface area (Å²) in [5.41, 5.74) is 8.43. The Hall–Kier alpha value is -0.910. The van der Waals surface area contributed by atoms with Crippen molar-refractivity contribution in [3.8, 4) is 0 Å². The van der Waals surface area contributed by atoms with Crippen molar-refractivity contribution in [3.05, 3.63) is 22.7 Å². The van der Waals surface area contributed by atoms with Crippen LogP contribution in [0.2, 0.25) is 5.02 Å². The predicted molar refractivity (Wildman–Crippen MR) is 90.4 cm³/mol. The number of halogens is 1. The third-order valence-electron chi connectivity index (χ3n) is 4.17. The number of amides is 1. The summed E-state index contributed by atoms with van der Waals surface area (Å²) in [6, 6.07) is 3.19. The number of nitrogens with one attached hydrogen (secondary N) is 1. The fourth-order valence-electron chi connectivity index (χ4n) is 2.80. The number of rotatable bonds is 1. The molecular formula is C15H20ClN3OS. The van der Waals surface area contributed by atoms with Crippen LogP contribution in [0.25, 0.3) is 0 Å². The molecule has 1 saturated heterocycles. The van der Waals surface area contributed by atoms with Gasteiger partial charge in [-0.2, -0.15) is 11.8 Å². The molecule has 3 rings (SSSR count). The number of hydrogen-bond donors (Lipinski definition) is 2. The number of anilines is 2. The predicted octanol–water partition coefficient (Wildman–Crippen LogP) is 3.01. The summed E-state index contributed by atoms with van der Waals surface area (Å²) in [6.07, 6.45) is 1.11. The average Bonchev–Trinajstić information content (AvgIpc) is 2.59. The molecule has 2 heterocycles. The molecule has 0 aliphatic carbocycles. The van der Waals surface area contributed by atoms with Gasteiger partial charge < -0.3 is 16.0 Å². The monoisotopic (exact) mass is 325 g/mol. The molecule has 1 aromatic carbocycles. The Kier molecular flexibility index (Phi) is 3.84. The molecule has 1 aromatic rings. The van der Waals surface area contributed by atoms with E-state index in [0.29, 0.717) is 9.77 Å². The zero-order chi connectivity index (χ0) is 15.2. The minimum Gasteiger partial charge on any atom is -0.369 e. The summed E-state index contributed by atoms with van der Waals surface area (Å²) < 4.78 is 0.300. The van der Waals surface area contributed by atoms with Crippen molar-refractivity contribution in [2.45, 2.75) is 31.1 Å². The Morgan fingerprint density at radius 1 is 1.43 bits per heavy atom. The highest BCUT2D eigenvalue weighted by Crippen LogP contribution is 2.40. The normalized spacial score (nSPS) is 24.5. The summed E-state index contributed by atoms with van der Waals surface area (Å²) in [5, 5.41) is 3.50. The van der Waals surface area contributed by atoms with Gasteiger partial charge in [0.2, 0.25) is 5.91 Å². The van der Waals surface area contributed by atoms with Crippen molar-refractivity contribution in [3.63, 3.8) is 0 Å². The topological polar surface area (TPSA) is 58.4 Å². The van der Waals surface area contributed by atoms with Crippen LogP contribution in [0.5, 0.6) is 0 Å². The minimum absolute atomic E-state index is 0.161. The second kappa shape index (κ2) is 5.38. The minimum atomic E-state index is -0.606. The first-order valence-corrected chi connectivity index (χ1v) is 8.52. The average molecular weight is 326 g/mol. The molecule has 4 nitrogen and oxygen atoms in total. The lowest BCUT2D eigenvalue weighted by Crippen LogP contribution is -2.27. The third kappa shape index (κ3) is 2.87. The van der Waals surface area contributed by atoms with Gasteiger partial charge in [-0.25, -0.2) is 0 Å².